The van der Waals surface area contributed by atoms with Crippen molar-refractivity contribution in [1.29, 1.82) is 0 Å². The SMILES string of the molecule is CC(C)(CCCOc1ccc(F)cc1)C(=O)NC1CCC(Oc2ccc(Cl)nc2)CC1. The first-order valence-corrected chi connectivity index (χ1v) is 11.2. The van der Waals surface area contributed by atoms with Crippen molar-refractivity contribution in [1.82, 2.24) is 10.3 Å². The molecule has 0 saturated heterocycles. The highest BCUT2D eigenvalue weighted by Gasteiger charge is 2.31. The van der Waals surface area contributed by atoms with Gasteiger partial charge in [-0.15, -0.1) is 0 Å². The molecule has 1 heterocycles. The summed E-state index contributed by atoms with van der Waals surface area (Å²) in [6, 6.07) is 9.68. The summed E-state index contributed by atoms with van der Waals surface area (Å²) in [6.07, 6.45) is 6.78. The van der Waals surface area contributed by atoms with Crippen LogP contribution in [0.3, 0.4) is 0 Å². The van der Waals surface area contributed by atoms with Crippen LogP contribution in [0.4, 0.5) is 4.39 Å². The molecule has 0 aliphatic heterocycles. The number of aromatic nitrogens is 1. The van der Waals surface area contributed by atoms with Crippen LogP contribution >= 0.6 is 11.6 Å². The number of nitrogens with zero attached hydrogens (tertiary/aromatic N) is 1. The number of hydrogen-bond donors (Lipinski definition) is 1. The second-order valence-corrected chi connectivity index (χ2v) is 9.06. The van der Waals surface area contributed by atoms with Crippen LogP contribution in [0.5, 0.6) is 11.5 Å². The first-order valence-electron chi connectivity index (χ1n) is 10.8. The fourth-order valence-corrected chi connectivity index (χ4v) is 3.79. The maximum absolute atomic E-state index is 12.9. The highest BCUT2D eigenvalue weighted by Crippen LogP contribution is 2.27. The van der Waals surface area contributed by atoms with Gasteiger partial charge in [0.05, 0.1) is 18.9 Å². The Bertz CT molecular complexity index is 835. The minimum absolute atomic E-state index is 0.0700. The maximum Gasteiger partial charge on any atom is 0.225 e. The van der Waals surface area contributed by atoms with Crippen LogP contribution in [-0.2, 0) is 4.79 Å². The van der Waals surface area contributed by atoms with Crippen LogP contribution in [0.25, 0.3) is 0 Å². The molecule has 0 unspecified atom stereocenters. The number of nitrogens with one attached hydrogen (secondary N) is 1. The maximum atomic E-state index is 12.9. The lowest BCUT2D eigenvalue weighted by Gasteiger charge is -2.32. The number of pyridine rings is 1. The van der Waals surface area contributed by atoms with E-state index in [4.69, 9.17) is 21.1 Å². The summed E-state index contributed by atoms with van der Waals surface area (Å²) in [5.41, 5.74) is -0.478. The lowest BCUT2D eigenvalue weighted by atomic mass is 9.85. The normalized spacial score (nSPS) is 19.0. The molecule has 1 N–H and O–H groups in total. The predicted molar refractivity (Wildman–Crippen MR) is 119 cm³/mol. The Labute approximate surface area is 188 Å². The molecule has 1 fully saturated rings. The number of carbonyl (C=O) groups excluding carboxylic acids is 1. The fraction of sp³-hybridized carbons (Fsp3) is 0.500. The third-order valence-electron chi connectivity index (χ3n) is 5.66. The number of carbonyl (C=O) groups is 1. The van der Waals surface area contributed by atoms with Gasteiger partial charge in [-0.3, -0.25) is 4.79 Å². The summed E-state index contributed by atoms with van der Waals surface area (Å²) in [4.78, 5) is 16.8. The minimum atomic E-state index is -0.478. The quantitative estimate of drug-likeness (QED) is 0.402. The van der Waals surface area contributed by atoms with E-state index < -0.39 is 5.41 Å². The van der Waals surface area contributed by atoms with E-state index in [1.54, 1.807) is 24.4 Å². The van der Waals surface area contributed by atoms with Crippen LogP contribution in [0, 0.1) is 11.2 Å². The molecule has 0 radical (unpaired) electrons. The first-order chi connectivity index (χ1) is 14.8. The highest BCUT2D eigenvalue weighted by molar-refractivity contribution is 6.29. The van der Waals surface area contributed by atoms with Crippen LogP contribution in [0.15, 0.2) is 42.6 Å². The van der Waals surface area contributed by atoms with Gasteiger partial charge >= 0.3 is 0 Å². The molecule has 3 rings (SSSR count). The number of amides is 1. The summed E-state index contributed by atoms with van der Waals surface area (Å²) in [6.45, 7) is 4.41. The first kappa shape index (κ1) is 23.3. The molecule has 0 atom stereocenters. The number of rotatable bonds is 9. The number of halogens is 2. The van der Waals surface area contributed by atoms with Crippen molar-refractivity contribution >= 4 is 17.5 Å². The zero-order valence-corrected chi connectivity index (χ0v) is 18.8. The van der Waals surface area contributed by atoms with Crippen molar-refractivity contribution in [3.8, 4) is 11.5 Å². The lowest BCUT2D eigenvalue weighted by molar-refractivity contribution is -0.130. The van der Waals surface area contributed by atoms with Gasteiger partial charge in [0.1, 0.15) is 22.5 Å². The van der Waals surface area contributed by atoms with Crippen molar-refractivity contribution < 1.29 is 18.7 Å². The van der Waals surface area contributed by atoms with E-state index >= 15 is 0 Å². The summed E-state index contributed by atoms with van der Waals surface area (Å²) in [5, 5.41) is 3.66. The summed E-state index contributed by atoms with van der Waals surface area (Å²) < 4.78 is 24.5. The third-order valence-corrected chi connectivity index (χ3v) is 5.88. The van der Waals surface area contributed by atoms with E-state index in [2.05, 4.69) is 10.3 Å². The van der Waals surface area contributed by atoms with Gasteiger partial charge in [0.2, 0.25) is 5.91 Å². The van der Waals surface area contributed by atoms with Crippen molar-refractivity contribution in [2.24, 2.45) is 5.41 Å². The Morgan fingerprint density at radius 2 is 1.81 bits per heavy atom. The van der Waals surface area contributed by atoms with Gasteiger partial charge < -0.3 is 14.8 Å². The van der Waals surface area contributed by atoms with Gasteiger partial charge in [0, 0.05) is 11.5 Å². The summed E-state index contributed by atoms with van der Waals surface area (Å²) >= 11 is 5.81. The number of ether oxygens (including phenoxy) is 2. The largest absolute Gasteiger partial charge is 0.494 e. The molecule has 1 aliphatic carbocycles. The Balaban J connectivity index is 1.35. The molecular formula is C24H30ClFN2O3. The van der Waals surface area contributed by atoms with Crippen LogP contribution in [0.2, 0.25) is 5.15 Å². The Morgan fingerprint density at radius 3 is 2.45 bits per heavy atom. The molecule has 168 valence electrons. The smallest absolute Gasteiger partial charge is 0.225 e. The molecule has 31 heavy (non-hydrogen) atoms. The zero-order chi connectivity index (χ0) is 22.3. The zero-order valence-electron chi connectivity index (χ0n) is 18.1. The van der Waals surface area contributed by atoms with Gasteiger partial charge in [-0.2, -0.15) is 0 Å². The van der Waals surface area contributed by atoms with Gasteiger partial charge in [-0.25, -0.2) is 9.37 Å². The molecule has 1 aromatic heterocycles. The monoisotopic (exact) mass is 448 g/mol. The Morgan fingerprint density at radius 1 is 1.13 bits per heavy atom. The van der Waals surface area contributed by atoms with Crippen molar-refractivity contribution in [2.45, 2.75) is 64.5 Å². The highest BCUT2D eigenvalue weighted by atomic mass is 35.5. The molecule has 1 amide bonds. The van der Waals surface area contributed by atoms with E-state index in [9.17, 15) is 9.18 Å². The summed E-state index contributed by atoms with van der Waals surface area (Å²) in [5.74, 6) is 1.14. The molecule has 1 aliphatic rings. The van der Waals surface area contributed by atoms with Crippen molar-refractivity contribution in [3.05, 3.63) is 53.6 Å². The van der Waals surface area contributed by atoms with E-state index in [-0.39, 0.29) is 23.9 Å². The Kier molecular flexibility index (Phi) is 8.13. The van der Waals surface area contributed by atoms with Crippen LogP contribution < -0.4 is 14.8 Å². The standard InChI is InChI=1S/C24H30ClFN2O3/c1-24(2,14-3-15-30-19-8-4-17(26)5-9-19)23(29)28-18-6-10-20(11-7-18)31-21-12-13-22(25)27-16-21/h4-5,8-9,12-13,16,18,20H,3,6-7,10-11,14-15H2,1-2H3,(H,28,29). The molecule has 0 bridgehead atoms. The average Bonchev–Trinajstić information content (AvgIpc) is 2.75. The van der Waals surface area contributed by atoms with Crippen molar-refractivity contribution in [2.75, 3.05) is 6.61 Å². The van der Waals surface area contributed by atoms with Gasteiger partial charge in [-0.1, -0.05) is 25.4 Å². The molecule has 1 aromatic carbocycles. The fourth-order valence-electron chi connectivity index (χ4n) is 3.68. The molecule has 0 spiro atoms. The predicted octanol–water partition coefficient (Wildman–Crippen LogP) is 5.57. The van der Waals surface area contributed by atoms with Crippen LogP contribution in [-0.4, -0.2) is 29.6 Å². The second kappa shape index (κ2) is 10.8. The third kappa shape index (κ3) is 7.39. The molecular weight excluding hydrogens is 419 g/mol. The average molecular weight is 449 g/mol. The topological polar surface area (TPSA) is 60.5 Å². The minimum Gasteiger partial charge on any atom is -0.494 e. The molecule has 1 saturated carbocycles. The molecule has 7 heteroatoms. The number of hydrogen-bond acceptors (Lipinski definition) is 4. The van der Waals surface area contributed by atoms with Gasteiger partial charge in [-0.05, 0) is 74.9 Å². The van der Waals surface area contributed by atoms with E-state index in [1.165, 1.54) is 12.1 Å². The Hall–Kier alpha value is -2.34. The van der Waals surface area contributed by atoms with Crippen molar-refractivity contribution in [3.63, 3.8) is 0 Å². The molecule has 2 aromatic rings. The van der Waals surface area contributed by atoms with E-state index in [1.807, 2.05) is 19.9 Å². The van der Waals surface area contributed by atoms with Gasteiger partial charge in [0.15, 0.2) is 0 Å². The van der Waals surface area contributed by atoms with E-state index in [0.717, 1.165) is 37.9 Å². The van der Waals surface area contributed by atoms with E-state index in [0.29, 0.717) is 23.9 Å². The molecule has 5 nitrogen and oxygen atoms in total. The second-order valence-electron chi connectivity index (χ2n) is 8.67. The number of benzene rings is 1. The van der Waals surface area contributed by atoms with Gasteiger partial charge in [0.25, 0.3) is 0 Å². The van der Waals surface area contributed by atoms with Crippen LogP contribution in [0.1, 0.15) is 52.4 Å². The summed E-state index contributed by atoms with van der Waals surface area (Å²) in [7, 11) is 0. The lowest BCUT2D eigenvalue weighted by Crippen LogP contribution is -2.45.